The summed E-state index contributed by atoms with van der Waals surface area (Å²) in [5.41, 5.74) is 0. The molecule has 1 aliphatic rings. The van der Waals surface area contributed by atoms with Gasteiger partial charge in [-0.3, -0.25) is 13.8 Å². The summed E-state index contributed by atoms with van der Waals surface area (Å²) in [5, 5.41) is 38.6. The molecule has 0 bridgehead atoms. The molecule has 12 nitrogen and oxygen atoms in total. The second-order valence-electron chi connectivity index (χ2n) is 11.0. The van der Waals surface area contributed by atoms with Crippen molar-refractivity contribution in [1.29, 1.82) is 0 Å². The van der Waals surface area contributed by atoms with Gasteiger partial charge in [-0.1, -0.05) is 96.8 Å². The zero-order chi connectivity index (χ0) is 31.1. The standard InChI is InChI=1S/C29H57O12P/c1-2-3-4-5-6-7-8-9-10-11-12-13-14-15-16-18-25(31)37-21-22-40-42(35,36)39-20-17-19-38-29-28(34)27(33)26(32)24(23-30)41-29/h24,26-30,32-34H,2-23H2,1H3,(H,35,36)/t24-,26-,27+,28+,29+/m1/s1. The third kappa shape index (κ3) is 18.9. The van der Waals surface area contributed by atoms with Crippen LogP contribution in [-0.2, 0) is 32.6 Å². The van der Waals surface area contributed by atoms with E-state index in [0.717, 1.165) is 19.3 Å². The van der Waals surface area contributed by atoms with E-state index >= 15 is 0 Å². The van der Waals surface area contributed by atoms with Crippen molar-refractivity contribution in [3.8, 4) is 0 Å². The van der Waals surface area contributed by atoms with Gasteiger partial charge in [0.05, 0.1) is 26.4 Å². The van der Waals surface area contributed by atoms with Crippen LogP contribution in [0.1, 0.15) is 116 Å². The number of ether oxygens (including phenoxy) is 3. The lowest BCUT2D eigenvalue weighted by atomic mass is 9.99. The van der Waals surface area contributed by atoms with Crippen molar-refractivity contribution in [1.82, 2.24) is 0 Å². The van der Waals surface area contributed by atoms with Crippen molar-refractivity contribution in [2.24, 2.45) is 0 Å². The number of carbonyl (C=O) groups excluding carboxylic acids is 1. The molecule has 1 saturated heterocycles. The summed E-state index contributed by atoms with van der Waals surface area (Å²) in [6.45, 7) is 0.931. The number of phosphoric acid groups is 1. The molecule has 0 radical (unpaired) electrons. The van der Waals surface area contributed by atoms with Crippen molar-refractivity contribution < 1.29 is 57.9 Å². The number of aliphatic hydroxyl groups is 4. The van der Waals surface area contributed by atoms with Gasteiger partial charge in [0.15, 0.2) is 6.29 Å². The van der Waals surface area contributed by atoms with Crippen molar-refractivity contribution in [3.05, 3.63) is 0 Å². The Labute approximate surface area is 251 Å². The van der Waals surface area contributed by atoms with E-state index in [0.29, 0.717) is 6.42 Å². The van der Waals surface area contributed by atoms with Gasteiger partial charge >= 0.3 is 13.8 Å². The minimum atomic E-state index is -4.36. The lowest BCUT2D eigenvalue weighted by molar-refractivity contribution is -0.301. The van der Waals surface area contributed by atoms with Gasteiger partial charge in [-0.2, -0.15) is 0 Å². The van der Waals surface area contributed by atoms with Crippen molar-refractivity contribution >= 4 is 13.8 Å². The highest BCUT2D eigenvalue weighted by Crippen LogP contribution is 2.43. The maximum Gasteiger partial charge on any atom is 0.472 e. The molecule has 0 aromatic heterocycles. The Kier molecular flexibility index (Phi) is 23.1. The monoisotopic (exact) mass is 628 g/mol. The van der Waals surface area contributed by atoms with E-state index in [9.17, 15) is 34.7 Å². The highest BCUT2D eigenvalue weighted by atomic mass is 31.2. The van der Waals surface area contributed by atoms with E-state index in [2.05, 4.69) is 6.92 Å². The fraction of sp³-hybridized carbons (Fsp3) is 0.966. The zero-order valence-electron chi connectivity index (χ0n) is 25.5. The van der Waals surface area contributed by atoms with Crippen LogP contribution in [-0.4, -0.2) is 95.0 Å². The molecule has 0 saturated carbocycles. The number of hydrogen-bond acceptors (Lipinski definition) is 11. The normalized spacial score (nSPS) is 24.0. The number of hydrogen-bond donors (Lipinski definition) is 5. The molecule has 250 valence electrons. The van der Waals surface area contributed by atoms with Crippen molar-refractivity contribution in [3.63, 3.8) is 0 Å². The van der Waals surface area contributed by atoms with E-state index in [-0.39, 0.29) is 38.8 Å². The summed E-state index contributed by atoms with van der Waals surface area (Å²) >= 11 is 0. The van der Waals surface area contributed by atoms with Crippen LogP contribution in [0.4, 0.5) is 0 Å². The Bertz CT molecular complexity index is 710. The van der Waals surface area contributed by atoms with Crippen LogP contribution < -0.4 is 0 Å². The first-order chi connectivity index (χ1) is 20.2. The molecular formula is C29H57O12P. The maximum absolute atomic E-state index is 11.9. The summed E-state index contributed by atoms with van der Waals surface area (Å²) in [7, 11) is -4.36. The molecule has 0 aliphatic carbocycles. The minimum absolute atomic E-state index is 0.0698. The number of unbranched alkanes of at least 4 members (excludes halogenated alkanes) is 14. The Balaban J connectivity index is 1.93. The van der Waals surface area contributed by atoms with E-state index in [1.165, 1.54) is 77.0 Å². The molecule has 1 heterocycles. The number of phosphoric ester groups is 1. The molecule has 0 aromatic carbocycles. The Morgan fingerprint density at radius 3 is 1.76 bits per heavy atom. The predicted molar refractivity (Wildman–Crippen MR) is 157 cm³/mol. The third-order valence-electron chi connectivity index (χ3n) is 7.26. The summed E-state index contributed by atoms with van der Waals surface area (Å²) in [5.74, 6) is -0.368. The fourth-order valence-corrected chi connectivity index (χ4v) is 5.44. The fourth-order valence-electron chi connectivity index (χ4n) is 4.70. The Morgan fingerprint density at radius 2 is 1.21 bits per heavy atom. The first-order valence-electron chi connectivity index (χ1n) is 15.9. The minimum Gasteiger partial charge on any atom is -0.463 e. The third-order valence-corrected chi connectivity index (χ3v) is 8.28. The number of aliphatic hydroxyl groups excluding tert-OH is 4. The Hall–Kier alpha value is -0.660. The number of rotatable bonds is 27. The predicted octanol–water partition coefficient (Wildman–Crippen LogP) is 4.13. The molecule has 0 amide bonds. The molecule has 0 aromatic rings. The molecule has 13 heteroatoms. The summed E-state index contributed by atoms with van der Waals surface area (Å²) in [6, 6.07) is 0. The van der Waals surface area contributed by atoms with Gasteiger partial charge in [-0.15, -0.1) is 0 Å². The second kappa shape index (κ2) is 24.6. The maximum atomic E-state index is 11.9. The molecule has 0 spiro atoms. The summed E-state index contributed by atoms with van der Waals surface area (Å²) in [4.78, 5) is 21.6. The van der Waals surface area contributed by atoms with Crippen LogP contribution >= 0.6 is 7.82 Å². The molecule has 42 heavy (non-hydrogen) atoms. The SMILES string of the molecule is CCCCCCCCCCCCCCCCCC(=O)OCCOP(=O)(O)OCCCO[C@H]1O[C@H](CO)[C@@H](O)[C@H](O)[C@@H]1O. The van der Waals surface area contributed by atoms with Gasteiger partial charge in [0.1, 0.15) is 31.0 Å². The van der Waals surface area contributed by atoms with Gasteiger partial charge in [-0.05, 0) is 12.8 Å². The van der Waals surface area contributed by atoms with Crippen LogP contribution in [0.25, 0.3) is 0 Å². The smallest absolute Gasteiger partial charge is 0.463 e. The molecule has 6 atom stereocenters. The first kappa shape index (κ1) is 39.4. The van der Waals surface area contributed by atoms with Gasteiger partial charge in [-0.25, -0.2) is 4.57 Å². The van der Waals surface area contributed by atoms with Gasteiger partial charge in [0.2, 0.25) is 0 Å². The highest BCUT2D eigenvalue weighted by Gasteiger charge is 2.43. The van der Waals surface area contributed by atoms with Crippen molar-refractivity contribution in [2.75, 3.05) is 33.0 Å². The average molecular weight is 629 g/mol. The number of carbonyl (C=O) groups is 1. The van der Waals surface area contributed by atoms with Crippen LogP contribution in [0.3, 0.4) is 0 Å². The van der Waals surface area contributed by atoms with Crippen LogP contribution in [0.2, 0.25) is 0 Å². The van der Waals surface area contributed by atoms with Crippen LogP contribution in [0.15, 0.2) is 0 Å². The lowest BCUT2D eigenvalue weighted by Gasteiger charge is -2.39. The summed E-state index contributed by atoms with van der Waals surface area (Å²) in [6.07, 6.45) is 12.2. The quantitative estimate of drug-likeness (QED) is 0.0499. The molecule has 5 N–H and O–H groups in total. The van der Waals surface area contributed by atoms with Crippen LogP contribution in [0.5, 0.6) is 0 Å². The van der Waals surface area contributed by atoms with Gasteiger partial charge < -0.3 is 39.5 Å². The second-order valence-corrected chi connectivity index (χ2v) is 12.4. The average Bonchev–Trinajstić information content (AvgIpc) is 2.97. The first-order valence-corrected chi connectivity index (χ1v) is 17.4. The van der Waals surface area contributed by atoms with Gasteiger partial charge in [0, 0.05) is 6.42 Å². The van der Waals surface area contributed by atoms with E-state index in [1.807, 2.05) is 0 Å². The lowest BCUT2D eigenvalue weighted by Crippen LogP contribution is -2.59. The van der Waals surface area contributed by atoms with Crippen LogP contribution in [0, 0.1) is 0 Å². The molecule has 1 fully saturated rings. The van der Waals surface area contributed by atoms with E-state index in [1.54, 1.807) is 0 Å². The topological polar surface area (TPSA) is 181 Å². The molecule has 1 rings (SSSR count). The number of esters is 1. The van der Waals surface area contributed by atoms with E-state index < -0.39 is 45.1 Å². The Morgan fingerprint density at radius 1 is 0.690 bits per heavy atom. The zero-order valence-corrected chi connectivity index (χ0v) is 26.4. The summed E-state index contributed by atoms with van der Waals surface area (Å²) < 4.78 is 37.1. The largest absolute Gasteiger partial charge is 0.472 e. The van der Waals surface area contributed by atoms with Gasteiger partial charge in [0.25, 0.3) is 0 Å². The van der Waals surface area contributed by atoms with Crippen molar-refractivity contribution in [2.45, 2.75) is 147 Å². The van der Waals surface area contributed by atoms with E-state index in [4.69, 9.17) is 23.3 Å². The molecule has 1 unspecified atom stereocenters. The molecular weight excluding hydrogens is 571 g/mol. The molecule has 1 aliphatic heterocycles. The highest BCUT2D eigenvalue weighted by molar-refractivity contribution is 7.47.